The molecule has 47 heavy (non-hydrogen) atoms. The average molecular weight is 632 g/mol. The number of hydrogen-bond donors (Lipinski definition) is 3. The lowest BCUT2D eigenvalue weighted by atomic mass is 9.87. The average Bonchev–Trinajstić information content (AvgIpc) is 3.46. The van der Waals surface area contributed by atoms with Crippen LogP contribution >= 0.6 is 0 Å². The van der Waals surface area contributed by atoms with Crippen LogP contribution in [0.15, 0.2) is 85.3 Å². The molecule has 4 heterocycles. The summed E-state index contributed by atoms with van der Waals surface area (Å²) in [6, 6.07) is 16.3. The molecule has 0 bridgehead atoms. The molecule has 0 saturated carbocycles. The van der Waals surface area contributed by atoms with E-state index in [0.29, 0.717) is 41.4 Å². The normalized spacial score (nSPS) is 14.8. The van der Waals surface area contributed by atoms with Crippen molar-refractivity contribution in [2.24, 2.45) is 0 Å². The van der Waals surface area contributed by atoms with E-state index >= 15 is 0 Å². The highest BCUT2D eigenvalue weighted by Gasteiger charge is 2.34. The number of carbonyl (C=O) groups excluding carboxylic acids is 3. The summed E-state index contributed by atoms with van der Waals surface area (Å²) in [5, 5.41) is 8.95. The van der Waals surface area contributed by atoms with Gasteiger partial charge in [-0.2, -0.15) is 0 Å². The second kappa shape index (κ2) is 13.1. The van der Waals surface area contributed by atoms with Crippen LogP contribution in [0.5, 0.6) is 5.75 Å². The van der Waals surface area contributed by atoms with Crippen molar-refractivity contribution < 1.29 is 19.1 Å². The summed E-state index contributed by atoms with van der Waals surface area (Å²) < 4.78 is 6.46. The number of benzene rings is 2. The molecular formula is C36H37N7O4. The molecule has 3 amide bonds. The minimum absolute atomic E-state index is 0.136. The Morgan fingerprint density at radius 3 is 2.49 bits per heavy atom. The Labute approximate surface area is 273 Å². The summed E-state index contributed by atoms with van der Waals surface area (Å²) in [5.74, 6) is 0.912. The summed E-state index contributed by atoms with van der Waals surface area (Å²) >= 11 is 0. The molecule has 11 heteroatoms. The van der Waals surface area contributed by atoms with Gasteiger partial charge in [0.05, 0.1) is 23.8 Å². The lowest BCUT2D eigenvalue weighted by Gasteiger charge is -2.35. The second-order valence-corrected chi connectivity index (χ2v) is 12.3. The third-order valence-electron chi connectivity index (χ3n) is 7.98. The summed E-state index contributed by atoms with van der Waals surface area (Å²) in [5.41, 5.74) is 5.23. The van der Waals surface area contributed by atoms with Gasteiger partial charge in [0.2, 0.25) is 11.8 Å². The third-order valence-corrected chi connectivity index (χ3v) is 7.98. The van der Waals surface area contributed by atoms with Crippen LogP contribution in [0.1, 0.15) is 42.6 Å². The summed E-state index contributed by atoms with van der Waals surface area (Å²) in [6.07, 6.45) is 9.74. The van der Waals surface area contributed by atoms with Crippen molar-refractivity contribution in [3.63, 3.8) is 0 Å². The van der Waals surface area contributed by atoms with E-state index in [1.54, 1.807) is 48.8 Å². The zero-order valence-electron chi connectivity index (χ0n) is 26.8. The predicted molar refractivity (Wildman–Crippen MR) is 183 cm³/mol. The number of nitrogens with zero attached hydrogens (tertiary/aromatic N) is 4. The zero-order valence-corrected chi connectivity index (χ0v) is 26.8. The van der Waals surface area contributed by atoms with E-state index in [1.807, 2.05) is 68.2 Å². The Balaban J connectivity index is 1.12. The molecule has 0 spiro atoms. The maximum atomic E-state index is 13.0. The highest BCUT2D eigenvalue weighted by Crippen LogP contribution is 2.47. The molecule has 6 rings (SSSR count). The number of pyridine rings is 2. The van der Waals surface area contributed by atoms with Gasteiger partial charge in [-0.05, 0) is 82.9 Å². The van der Waals surface area contributed by atoms with Crippen LogP contribution in [0, 0.1) is 0 Å². The van der Waals surface area contributed by atoms with Crippen molar-refractivity contribution in [1.82, 2.24) is 14.9 Å². The van der Waals surface area contributed by atoms with Gasteiger partial charge < -0.3 is 30.5 Å². The van der Waals surface area contributed by atoms with Crippen LogP contribution in [0.25, 0.3) is 11.1 Å². The van der Waals surface area contributed by atoms with Gasteiger partial charge in [-0.3, -0.25) is 19.4 Å². The fourth-order valence-corrected chi connectivity index (χ4v) is 5.66. The van der Waals surface area contributed by atoms with E-state index < -0.39 is 5.60 Å². The first-order chi connectivity index (χ1) is 22.6. The number of likely N-dealkylation sites (N-methyl/N-ethyl adjacent to an activating group) is 1. The number of nitrogens with one attached hydrogen (secondary N) is 3. The summed E-state index contributed by atoms with van der Waals surface area (Å²) in [7, 11) is 3.85. The molecule has 11 nitrogen and oxygen atoms in total. The lowest BCUT2D eigenvalue weighted by Crippen LogP contribution is -2.30. The van der Waals surface area contributed by atoms with Gasteiger partial charge in [0, 0.05) is 71.5 Å². The molecule has 2 aromatic carbocycles. The first-order valence-electron chi connectivity index (χ1n) is 15.5. The molecule has 0 atom stereocenters. The van der Waals surface area contributed by atoms with E-state index in [9.17, 15) is 14.4 Å². The van der Waals surface area contributed by atoms with Crippen molar-refractivity contribution in [2.75, 3.05) is 48.0 Å². The number of anilines is 5. The van der Waals surface area contributed by atoms with E-state index in [1.165, 1.54) is 6.08 Å². The van der Waals surface area contributed by atoms with Gasteiger partial charge in [-0.1, -0.05) is 6.08 Å². The van der Waals surface area contributed by atoms with Crippen LogP contribution < -0.4 is 25.6 Å². The Bertz CT molecular complexity index is 1870. The topological polar surface area (TPSA) is 129 Å². The third kappa shape index (κ3) is 7.15. The first kappa shape index (κ1) is 31.4. The van der Waals surface area contributed by atoms with Crippen LogP contribution in [0.4, 0.5) is 28.6 Å². The largest absolute Gasteiger partial charge is 0.482 e. The Kier molecular flexibility index (Phi) is 8.73. The van der Waals surface area contributed by atoms with Gasteiger partial charge >= 0.3 is 0 Å². The van der Waals surface area contributed by atoms with Crippen molar-refractivity contribution >= 4 is 46.3 Å². The molecule has 2 aliphatic rings. The molecule has 0 radical (unpaired) electrons. The number of rotatable bonds is 9. The molecule has 1 fully saturated rings. The Morgan fingerprint density at radius 2 is 1.74 bits per heavy atom. The lowest BCUT2D eigenvalue weighted by molar-refractivity contribution is -0.117. The molecule has 240 valence electrons. The highest BCUT2D eigenvalue weighted by molar-refractivity contribution is 6.05. The first-order valence-corrected chi connectivity index (χ1v) is 15.5. The maximum absolute atomic E-state index is 13.0. The molecule has 3 N–H and O–H groups in total. The molecule has 2 aromatic heterocycles. The molecule has 1 saturated heterocycles. The van der Waals surface area contributed by atoms with E-state index in [2.05, 4.69) is 25.9 Å². The van der Waals surface area contributed by atoms with Crippen molar-refractivity contribution in [2.45, 2.75) is 32.3 Å². The fraction of sp³-hybridized carbons (Fsp3) is 0.250. The van der Waals surface area contributed by atoms with Crippen LogP contribution in [-0.2, 0) is 15.2 Å². The number of fused-ring (bicyclic) bond motifs is 3. The fourth-order valence-electron chi connectivity index (χ4n) is 5.66. The number of amides is 3. The van der Waals surface area contributed by atoms with E-state index in [0.717, 1.165) is 41.1 Å². The van der Waals surface area contributed by atoms with Gasteiger partial charge in [0.25, 0.3) is 5.91 Å². The number of hydrogen-bond acceptors (Lipinski definition) is 8. The van der Waals surface area contributed by atoms with Crippen molar-refractivity contribution in [3.05, 3.63) is 96.5 Å². The van der Waals surface area contributed by atoms with Crippen molar-refractivity contribution in [1.29, 1.82) is 0 Å². The molecule has 4 aromatic rings. The number of carbonyl (C=O) groups is 3. The molecular weight excluding hydrogens is 594 g/mol. The monoisotopic (exact) mass is 631 g/mol. The molecule has 0 aliphatic carbocycles. The highest BCUT2D eigenvalue weighted by atomic mass is 16.5. The summed E-state index contributed by atoms with van der Waals surface area (Å²) in [4.78, 5) is 50.1. The Hall–Kier alpha value is -5.55. The van der Waals surface area contributed by atoms with E-state index in [4.69, 9.17) is 4.74 Å². The van der Waals surface area contributed by atoms with Gasteiger partial charge in [-0.25, -0.2) is 4.98 Å². The smallest absolute Gasteiger partial charge is 0.255 e. The second-order valence-electron chi connectivity index (χ2n) is 12.3. The van der Waals surface area contributed by atoms with Crippen LogP contribution in [0.3, 0.4) is 0 Å². The standard InChI is InChI=1S/C36H37N7O4/c1-36(2)30-19-32(38-22-29(30)28-14-13-27(18-31(28)47-36)43-16-6-8-34(43)45)39-25-17-26(21-37-20-25)41-35(46)23-9-11-24(12-10-23)40-33(44)7-5-15-42(3)4/h5,7,9-14,17-22H,6,8,15-16H2,1-4H3,(H,38,39)(H,40,44)(H,41,46). The van der Waals surface area contributed by atoms with Gasteiger partial charge in [0.15, 0.2) is 0 Å². The van der Waals surface area contributed by atoms with Gasteiger partial charge in [-0.15, -0.1) is 0 Å². The van der Waals surface area contributed by atoms with Crippen molar-refractivity contribution in [3.8, 4) is 16.9 Å². The van der Waals surface area contributed by atoms with E-state index in [-0.39, 0.29) is 17.7 Å². The SMILES string of the molecule is CN(C)CC=CC(=O)Nc1ccc(C(=O)Nc2cncc(Nc3cc4c(cn3)-c3ccc(N5CCCC5=O)cc3OC4(C)C)c2)cc1. The minimum Gasteiger partial charge on any atom is -0.482 e. The molecule has 2 aliphatic heterocycles. The zero-order chi connectivity index (χ0) is 33.1. The van der Waals surface area contributed by atoms with Crippen LogP contribution in [0.2, 0.25) is 0 Å². The number of aromatic nitrogens is 2. The minimum atomic E-state index is -0.648. The quantitative estimate of drug-likeness (QED) is 0.193. The summed E-state index contributed by atoms with van der Waals surface area (Å²) in [6.45, 7) is 5.40. The van der Waals surface area contributed by atoms with Crippen LogP contribution in [-0.4, -0.2) is 59.8 Å². The molecule has 0 unspecified atom stereocenters. The maximum Gasteiger partial charge on any atom is 0.255 e. The predicted octanol–water partition coefficient (Wildman–Crippen LogP) is 5.95. The number of ether oxygens (including phenoxy) is 1. The Morgan fingerprint density at radius 1 is 0.957 bits per heavy atom. The van der Waals surface area contributed by atoms with Gasteiger partial charge in [0.1, 0.15) is 17.2 Å².